The summed E-state index contributed by atoms with van der Waals surface area (Å²) in [5.74, 6) is 0. The van der Waals surface area contributed by atoms with Crippen LogP contribution in [0.25, 0.3) is 0 Å². The molecule has 0 bridgehead atoms. The van der Waals surface area contributed by atoms with Gasteiger partial charge in [0, 0.05) is 0 Å². The summed E-state index contributed by atoms with van der Waals surface area (Å²) in [6, 6.07) is 33.1. The molecule has 0 heterocycles. The molecule has 4 rings (SSSR count). The van der Waals surface area contributed by atoms with E-state index in [2.05, 4.69) is 0 Å². The Labute approximate surface area is 230 Å². The molecule has 4 aromatic carbocycles. The van der Waals surface area contributed by atoms with Gasteiger partial charge in [0.15, 0.2) is 0 Å². The number of hydrogen-bond acceptors (Lipinski definition) is 6. The fraction of sp³-hybridized carbons (Fsp3) is 0.200. The first-order valence-corrected chi connectivity index (χ1v) is 12.7. The number of hydrogen-bond donors (Lipinski definition) is 0. The van der Waals surface area contributed by atoms with E-state index < -0.39 is 46.9 Å². The Morgan fingerprint density at radius 3 is 0.775 bits per heavy atom. The minimum atomic E-state index is -2.57. The number of rotatable bonds is 12. The smallest absolute Gasteiger partial charge is 0.480 e. The van der Waals surface area contributed by atoms with Crippen LogP contribution in [0.4, 0.5) is 0 Å². The summed E-state index contributed by atoms with van der Waals surface area (Å²) >= 11 is 0. The van der Waals surface area contributed by atoms with Gasteiger partial charge in [-0.3, -0.25) is 20.2 Å². The summed E-state index contributed by atoms with van der Waals surface area (Å²) in [7, 11) is 0. The maximum Gasteiger partial charge on any atom is 0.480 e. The minimum absolute atomic E-state index is 0.318. The molecule has 0 aliphatic carbocycles. The van der Waals surface area contributed by atoms with Gasteiger partial charge in [-0.1, -0.05) is 121 Å². The second-order valence-corrected chi connectivity index (χ2v) is 9.67. The third-order valence-electron chi connectivity index (χ3n) is 6.88. The number of hydroxylamine groups is 2. The summed E-state index contributed by atoms with van der Waals surface area (Å²) in [5.41, 5.74) is -3.41. The Morgan fingerprint density at radius 1 is 0.400 bits per heavy atom. The molecule has 0 amide bonds. The predicted octanol–water partition coefficient (Wildman–Crippen LogP) is 5.38. The summed E-state index contributed by atoms with van der Waals surface area (Å²) in [6.45, 7) is 0. The van der Waals surface area contributed by atoms with Gasteiger partial charge in [0.1, 0.15) is 45.3 Å². The lowest BCUT2D eigenvalue weighted by atomic mass is 9.92. The molecule has 10 heteroatoms. The van der Waals surface area contributed by atoms with Gasteiger partial charge in [0.25, 0.3) is 0 Å². The van der Waals surface area contributed by atoms with Crippen LogP contribution >= 0.6 is 0 Å². The maximum absolute atomic E-state index is 14.1. The molecular formula is C30H28N4O6. The Morgan fingerprint density at radius 2 is 0.600 bits per heavy atom. The van der Waals surface area contributed by atoms with Crippen molar-refractivity contribution in [2.75, 3.05) is 0 Å². The number of nitro groups is 2. The first-order valence-electron chi connectivity index (χ1n) is 12.7. The van der Waals surface area contributed by atoms with Gasteiger partial charge in [-0.2, -0.15) is 0 Å². The molecule has 0 radical (unpaired) electrons. The summed E-state index contributed by atoms with van der Waals surface area (Å²) in [5, 5.41) is 53.9. The van der Waals surface area contributed by atoms with E-state index in [0.29, 0.717) is 22.3 Å². The first-order chi connectivity index (χ1) is 19.3. The molecule has 0 saturated carbocycles. The SMILES string of the molecule is O=[N+]([O-])C(Cc1ccccc1)(Cc1ccccc1)/[N+]([O-])=[N+](\[O-])C(Cc1ccccc1)(Cc1ccccc1)[N+](=O)[O-]. The molecule has 0 aliphatic rings. The Balaban J connectivity index is 1.95. The average molecular weight is 541 g/mol. The molecule has 0 spiro atoms. The lowest BCUT2D eigenvalue weighted by molar-refractivity contribution is -1.11. The zero-order valence-corrected chi connectivity index (χ0v) is 21.6. The fourth-order valence-corrected chi connectivity index (χ4v) is 4.82. The van der Waals surface area contributed by atoms with Crippen molar-refractivity contribution in [1.29, 1.82) is 0 Å². The third-order valence-corrected chi connectivity index (χ3v) is 6.88. The van der Waals surface area contributed by atoms with Crippen LogP contribution in [0.3, 0.4) is 0 Å². The molecule has 4 aromatic rings. The van der Waals surface area contributed by atoms with Crippen molar-refractivity contribution in [2.24, 2.45) is 0 Å². The van der Waals surface area contributed by atoms with Crippen molar-refractivity contribution < 1.29 is 19.6 Å². The largest absolute Gasteiger partial charge is 0.561 e. The standard InChI is InChI=1S/C30H28N4O6/c35-31(29(33(37)38,21-25-13-5-1-6-14-25)22-26-15-7-2-8-16-26)32(36)30(34(39)40,23-27-17-9-3-10-18-27)24-28-19-11-4-12-20-28/h1-20H,21-24H2/b32-31+. The van der Waals surface area contributed by atoms with Crippen LogP contribution in [0.2, 0.25) is 0 Å². The second kappa shape index (κ2) is 12.2. The monoisotopic (exact) mass is 540 g/mol. The summed E-state index contributed by atoms with van der Waals surface area (Å²) in [6.07, 6.45) is -1.82. The highest BCUT2D eigenvalue weighted by atomic mass is 16.7. The number of benzene rings is 4. The molecule has 0 N–H and O–H groups in total. The quantitative estimate of drug-likeness (QED) is 0.0778. The van der Waals surface area contributed by atoms with Crippen LogP contribution in [0, 0.1) is 30.6 Å². The van der Waals surface area contributed by atoms with Crippen LogP contribution in [0.1, 0.15) is 22.3 Å². The van der Waals surface area contributed by atoms with E-state index in [1.54, 1.807) is 121 Å². The Kier molecular flexibility index (Phi) is 8.48. The molecule has 0 atom stereocenters. The zero-order chi connectivity index (χ0) is 28.6. The highest BCUT2D eigenvalue weighted by Gasteiger charge is 2.64. The van der Waals surface area contributed by atoms with Gasteiger partial charge >= 0.3 is 11.3 Å². The number of azo groups is 1. The fourth-order valence-electron chi connectivity index (χ4n) is 4.82. The maximum atomic E-state index is 14.1. The lowest BCUT2D eigenvalue weighted by Crippen LogP contribution is -2.60. The summed E-state index contributed by atoms with van der Waals surface area (Å²) in [4.78, 5) is 23.4. The molecular weight excluding hydrogens is 512 g/mol. The van der Waals surface area contributed by atoms with E-state index >= 15 is 0 Å². The summed E-state index contributed by atoms with van der Waals surface area (Å²) < 4.78 is 0. The Hall–Kier alpha value is -5.12. The van der Waals surface area contributed by atoms with Crippen LogP contribution in [0.5, 0.6) is 0 Å². The van der Waals surface area contributed by atoms with Gasteiger partial charge in [-0.15, -0.1) is 0 Å². The van der Waals surface area contributed by atoms with Crippen molar-refractivity contribution in [2.45, 2.75) is 37.0 Å². The van der Waals surface area contributed by atoms with E-state index in [1.807, 2.05) is 0 Å². The van der Waals surface area contributed by atoms with E-state index in [0.717, 1.165) is 0 Å². The molecule has 0 unspecified atom stereocenters. The lowest BCUT2D eigenvalue weighted by Gasteiger charge is -2.25. The van der Waals surface area contributed by atoms with Crippen LogP contribution in [-0.2, 0) is 25.7 Å². The molecule has 0 aromatic heterocycles. The van der Waals surface area contributed by atoms with E-state index in [-0.39, 0.29) is 9.72 Å². The highest BCUT2D eigenvalue weighted by molar-refractivity contribution is 5.21. The van der Waals surface area contributed by atoms with Crippen molar-refractivity contribution in [3.05, 3.63) is 174 Å². The molecule has 0 saturated heterocycles. The van der Waals surface area contributed by atoms with Gasteiger partial charge in [0.05, 0.1) is 0 Å². The van der Waals surface area contributed by atoms with Gasteiger partial charge in [0.2, 0.25) is 0 Å². The minimum Gasteiger partial charge on any atom is -0.561 e. The molecule has 40 heavy (non-hydrogen) atoms. The van der Waals surface area contributed by atoms with Crippen LogP contribution < -0.4 is 0 Å². The molecule has 0 aliphatic heterocycles. The number of nitrogens with zero attached hydrogens (tertiary/aromatic N) is 4. The third kappa shape index (κ3) is 5.96. The average Bonchev–Trinajstić information content (AvgIpc) is 2.97. The first kappa shape index (κ1) is 27.9. The molecule has 10 nitrogen and oxygen atoms in total. The molecule has 204 valence electrons. The van der Waals surface area contributed by atoms with Crippen molar-refractivity contribution in [1.82, 2.24) is 0 Å². The van der Waals surface area contributed by atoms with Crippen LogP contribution in [0.15, 0.2) is 121 Å². The predicted molar refractivity (Wildman–Crippen MR) is 147 cm³/mol. The van der Waals surface area contributed by atoms with Crippen molar-refractivity contribution >= 4 is 0 Å². The van der Waals surface area contributed by atoms with E-state index in [9.17, 15) is 30.6 Å². The normalized spacial score (nSPS) is 12.4. The van der Waals surface area contributed by atoms with Gasteiger partial charge in [-0.25, -0.2) is 0 Å². The van der Waals surface area contributed by atoms with Crippen LogP contribution in [-0.4, -0.2) is 30.9 Å². The van der Waals surface area contributed by atoms with E-state index in [1.165, 1.54) is 0 Å². The van der Waals surface area contributed by atoms with Crippen molar-refractivity contribution in [3.63, 3.8) is 0 Å². The Bertz CT molecular complexity index is 1270. The van der Waals surface area contributed by atoms with Crippen molar-refractivity contribution in [3.8, 4) is 0 Å². The van der Waals surface area contributed by atoms with E-state index in [4.69, 9.17) is 0 Å². The second-order valence-electron chi connectivity index (χ2n) is 9.67. The zero-order valence-electron chi connectivity index (χ0n) is 21.6. The highest BCUT2D eigenvalue weighted by Crippen LogP contribution is 2.29. The van der Waals surface area contributed by atoms with Gasteiger partial charge in [-0.05, 0) is 22.3 Å². The topological polar surface area (TPSA) is 138 Å². The molecule has 0 fully saturated rings. The van der Waals surface area contributed by atoms with Gasteiger partial charge < -0.3 is 10.4 Å².